The zero-order valence-corrected chi connectivity index (χ0v) is 17.4. The fourth-order valence-electron chi connectivity index (χ4n) is 3.94. The predicted octanol–water partition coefficient (Wildman–Crippen LogP) is 3.50. The van der Waals surface area contributed by atoms with E-state index in [9.17, 15) is 9.59 Å². The number of nitrogens with zero attached hydrogens (tertiary/aromatic N) is 3. The van der Waals surface area contributed by atoms with E-state index in [1.807, 2.05) is 28.5 Å². The zero-order chi connectivity index (χ0) is 20.5. The molecule has 0 saturated carbocycles. The quantitative estimate of drug-likeness (QED) is 0.615. The first kappa shape index (κ1) is 19.6. The maximum Gasteiger partial charge on any atom is 0.270 e. The number of aryl methyl sites for hydroxylation is 1. The third kappa shape index (κ3) is 3.77. The van der Waals surface area contributed by atoms with E-state index in [0.29, 0.717) is 37.6 Å². The number of halogens is 1. The van der Waals surface area contributed by atoms with E-state index < -0.39 is 0 Å². The first-order chi connectivity index (χ1) is 14.0. The Morgan fingerprint density at radius 1 is 1.17 bits per heavy atom. The maximum atomic E-state index is 13.4. The minimum atomic E-state index is -0.0912. The number of piperazine rings is 1. The van der Waals surface area contributed by atoms with Crippen LogP contribution in [0.2, 0.25) is 0 Å². The lowest BCUT2D eigenvalue weighted by Gasteiger charge is -2.39. The number of carbonyl (C=O) groups is 2. The Morgan fingerprint density at radius 2 is 1.93 bits per heavy atom. The molecular formula is C22H24ClN3O3. The fourth-order valence-corrected chi connectivity index (χ4v) is 4.09. The number of hydrogen-bond acceptors (Lipinski definition) is 3. The Bertz CT molecular complexity index is 1040. The molecular weight excluding hydrogens is 390 g/mol. The highest BCUT2D eigenvalue weighted by atomic mass is 35.5. The first-order valence-electron chi connectivity index (χ1n) is 9.75. The van der Waals surface area contributed by atoms with Crippen LogP contribution < -0.4 is 0 Å². The van der Waals surface area contributed by atoms with Gasteiger partial charge in [-0.05, 0) is 31.5 Å². The lowest BCUT2D eigenvalue weighted by molar-refractivity contribution is -0.132. The number of amides is 2. The van der Waals surface area contributed by atoms with Crippen molar-refractivity contribution in [3.8, 4) is 0 Å². The van der Waals surface area contributed by atoms with Crippen molar-refractivity contribution < 1.29 is 14.0 Å². The smallest absolute Gasteiger partial charge is 0.270 e. The van der Waals surface area contributed by atoms with Crippen LogP contribution in [0, 0.1) is 6.92 Å². The van der Waals surface area contributed by atoms with Gasteiger partial charge >= 0.3 is 0 Å². The van der Waals surface area contributed by atoms with Crippen molar-refractivity contribution in [1.82, 2.24) is 14.4 Å². The maximum absolute atomic E-state index is 13.4. The summed E-state index contributed by atoms with van der Waals surface area (Å²) in [7, 11) is 0. The molecule has 6 nitrogen and oxygen atoms in total. The van der Waals surface area contributed by atoms with E-state index in [0.717, 1.165) is 10.9 Å². The van der Waals surface area contributed by atoms with Crippen LogP contribution in [0.1, 0.15) is 28.5 Å². The summed E-state index contributed by atoms with van der Waals surface area (Å²) in [5, 5.41) is 0.907. The molecule has 3 heterocycles. The van der Waals surface area contributed by atoms with Crippen molar-refractivity contribution >= 4 is 34.5 Å². The van der Waals surface area contributed by atoms with Crippen molar-refractivity contribution in [2.75, 3.05) is 25.5 Å². The summed E-state index contributed by atoms with van der Waals surface area (Å²) in [4.78, 5) is 28.9. The summed E-state index contributed by atoms with van der Waals surface area (Å²) in [6.07, 6.45) is 1.64. The molecule has 1 aromatic carbocycles. The predicted molar refractivity (Wildman–Crippen MR) is 112 cm³/mol. The van der Waals surface area contributed by atoms with Crippen molar-refractivity contribution in [3.63, 3.8) is 0 Å². The molecule has 4 rings (SSSR count). The van der Waals surface area contributed by atoms with Gasteiger partial charge in [-0.1, -0.05) is 29.8 Å². The average molecular weight is 414 g/mol. The number of benzene rings is 1. The summed E-state index contributed by atoms with van der Waals surface area (Å²) >= 11 is 5.70. The molecule has 3 aromatic rings. The second-order valence-corrected chi connectivity index (χ2v) is 7.87. The highest BCUT2D eigenvalue weighted by Crippen LogP contribution is 2.25. The van der Waals surface area contributed by atoms with E-state index in [4.69, 9.17) is 16.0 Å². The van der Waals surface area contributed by atoms with Gasteiger partial charge in [-0.25, -0.2) is 0 Å². The SMILES string of the molecule is Cc1ccc(Cn2c(C(=O)N3CCN(C(=O)CCl)[C@@H](C)C3)cc3ccoc32)cc1. The normalized spacial score (nSPS) is 17.1. The van der Waals surface area contributed by atoms with E-state index in [2.05, 4.69) is 31.2 Å². The van der Waals surface area contributed by atoms with Gasteiger partial charge in [-0.3, -0.25) is 9.59 Å². The van der Waals surface area contributed by atoms with Crippen LogP contribution in [-0.4, -0.2) is 57.7 Å². The van der Waals surface area contributed by atoms with Gasteiger partial charge < -0.3 is 18.8 Å². The van der Waals surface area contributed by atoms with Crippen LogP contribution >= 0.6 is 11.6 Å². The Balaban J connectivity index is 1.60. The average Bonchev–Trinajstić information content (AvgIpc) is 3.31. The molecule has 0 spiro atoms. The monoisotopic (exact) mass is 413 g/mol. The molecule has 0 bridgehead atoms. The fraction of sp³-hybridized carbons (Fsp3) is 0.364. The van der Waals surface area contributed by atoms with E-state index in [1.54, 1.807) is 11.2 Å². The standard InChI is InChI=1S/C22H24ClN3O3/c1-15-3-5-17(6-4-15)14-26-19(11-18-7-10-29-22(18)26)21(28)24-8-9-25(16(2)13-24)20(27)12-23/h3-7,10-11,16H,8-9,12-14H2,1-2H3/t16-/m0/s1. The second kappa shape index (κ2) is 7.95. The Labute approximate surface area is 174 Å². The molecule has 152 valence electrons. The van der Waals surface area contributed by atoms with Crippen LogP contribution in [0.15, 0.2) is 47.1 Å². The number of rotatable bonds is 4. The number of hydrogen-bond donors (Lipinski definition) is 0. The summed E-state index contributed by atoms with van der Waals surface area (Å²) < 4.78 is 7.61. The van der Waals surface area contributed by atoms with Gasteiger partial charge in [0.05, 0.1) is 12.8 Å². The summed E-state index contributed by atoms with van der Waals surface area (Å²) in [6.45, 7) is 6.02. The number of alkyl halides is 1. The van der Waals surface area contributed by atoms with Crippen molar-refractivity contribution in [1.29, 1.82) is 0 Å². The largest absolute Gasteiger partial charge is 0.448 e. The van der Waals surface area contributed by atoms with E-state index >= 15 is 0 Å². The van der Waals surface area contributed by atoms with Gasteiger partial charge in [0.25, 0.3) is 5.91 Å². The molecule has 0 N–H and O–H groups in total. The third-order valence-electron chi connectivity index (χ3n) is 5.53. The third-order valence-corrected chi connectivity index (χ3v) is 5.76. The molecule has 1 aliphatic heterocycles. The zero-order valence-electron chi connectivity index (χ0n) is 16.6. The summed E-state index contributed by atoms with van der Waals surface area (Å²) in [5.41, 5.74) is 3.59. The lowest BCUT2D eigenvalue weighted by atomic mass is 10.1. The summed E-state index contributed by atoms with van der Waals surface area (Å²) in [5.74, 6) is -0.173. The van der Waals surface area contributed by atoms with Gasteiger partial charge in [-0.15, -0.1) is 11.6 Å². The lowest BCUT2D eigenvalue weighted by Crippen LogP contribution is -2.56. The molecule has 1 fully saturated rings. The minimum absolute atomic E-state index is 0.0337. The minimum Gasteiger partial charge on any atom is -0.448 e. The second-order valence-electron chi connectivity index (χ2n) is 7.60. The first-order valence-corrected chi connectivity index (χ1v) is 10.3. The molecule has 0 aliphatic carbocycles. The molecule has 2 aromatic heterocycles. The molecule has 1 atom stereocenters. The Morgan fingerprint density at radius 3 is 2.62 bits per heavy atom. The number of aromatic nitrogens is 1. The highest BCUT2D eigenvalue weighted by Gasteiger charge is 2.31. The van der Waals surface area contributed by atoms with E-state index in [-0.39, 0.29) is 23.7 Å². The Hall–Kier alpha value is -2.73. The molecule has 7 heteroatoms. The molecule has 0 radical (unpaired) electrons. The van der Waals surface area contributed by atoms with Crippen LogP contribution in [0.5, 0.6) is 0 Å². The molecule has 1 aliphatic rings. The number of furan rings is 1. The number of fused-ring (bicyclic) bond motifs is 1. The van der Waals surface area contributed by atoms with Gasteiger partial charge in [0.15, 0.2) is 0 Å². The van der Waals surface area contributed by atoms with Crippen LogP contribution in [-0.2, 0) is 11.3 Å². The van der Waals surface area contributed by atoms with Crippen LogP contribution in [0.3, 0.4) is 0 Å². The van der Waals surface area contributed by atoms with Crippen molar-refractivity contribution in [3.05, 3.63) is 59.5 Å². The number of carbonyl (C=O) groups excluding carboxylic acids is 2. The highest BCUT2D eigenvalue weighted by molar-refractivity contribution is 6.27. The summed E-state index contributed by atoms with van der Waals surface area (Å²) in [6, 6.07) is 12.0. The van der Waals surface area contributed by atoms with Gasteiger partial charge in [0.1, 0.15) is 11.6 Å². The molecule has 0 unspecified atom stereocenters. The molecule has 1 saturated heterocycles. The van der Waals surface area contributed by atoms with Crippen molar-refractivity contribution in [2.24, 2.45) is 0 Å². The van der Waals surface area contributed by atoms with Gasteiger partial charge in [0, 0.05) is 31.1 Å². The topological polar surface area (TPSA) is 58.7 Å². The van der Waals surface area contributed by atoms with Gasteiger partial charge in [0.2, 0.25) is 11.6 Å². The van der Waals surface area contributed by atoms with Crippen molar-refractivity contribution in [2.45, 2.75) is 26.4 Å². The van der Waals surface area contributed by atoms with Crippen LogP contribution in [0.4, 0.5) is 0 Å². The van der Waals surface area contributed by atoms with Crippen LogP contribution in [0.25, 0.3) is 11.1 Å². The molecule has 29 heavy (non-hydrogen) atoms. The van der Waals surface area contributed by atoms with Gasteiger partial charge in [-0.2, -0.15) is 0 Å². The Kier molecular flexibility index (Phi) is 5.37. The molecule has 2 amide bonds. The van der Waals surface area contributed by atoms with E-state index in [1.165, 1.54) is 5.56 Å².